The lowest BCUT2D eigenvalue weighted by Crippen LogP contribution is -2.30. The topological polar surface area (TPSA) is 123 Å². The molecule has 0 saturated carbocycles. The van der Waals surface area contributed by atoms with Crippen LogP contribution < -0.4 is 11.2 Å². The van der Waals surface area contributed by atoms with Crippen molar-refractivity contribution in [3.63, 3.8) is 0 Å². The zero-order valence-corrected chi connectivity index (χ0v) is 15.1. The number of benzene rings is 1. The first-order valence-electron chi connectivity index (χ1n) is 7.84. The third-order valence-electron chi connectivity index (χ3n) is 3.62. The molecule has 2 aromatic rings. The minimum Gasteiger partial charge on any atom is -0.508 e. The fourth-order valence-corrected chi connectivity index (χ4v) is 2.73. The van der Waals surface area contributed by atoms with E-state index in [1.54, 1.807) is 18.2 Å². The third-order valence-corrected chi connectivity index (χ3v) is 4.34. The highest BCUT2D eigenvalue weighted by Crippen LogP contribution is 2.35. The van der Waals surface area contributed by atoms with Gasteiger partial charge in [-0.05, 0) is 12.5 Å². The van der Waals surface area contributed by atoms with Gasteiger partial charge in [0, 0.05) is 31.5 Å². The van der Waals surface area contributed by atoms with Gasteiger partial charge in [-0.15, -0.1) is 0 Å². The van der Waals surface area contributed by atoms with Gasteiger partial charge >= 0.3 is 14.3 Å². The summed E-state index contributed by atoms with van der Waals surface area (Å²) in [5.74, 6) is 0.0806. The van der Waals surface area contributed by atoms with Gasteiger partial charge in [0.2, 0.25) is 0 Å². The number of H-pyrrole nitrogens is 1. The van der Waals surface area contributed by atoms with Crippen LogP contribution in [-0.4, -0.2) is 39.4 Å². The lowest BCUT2D eigenvalue weighted by molar-refractivity contribution is 0.0404. The summed E-state index contributed by atoms with van der Waals surface area (Å²) >= 11 is 0. The van der Waals surface area contributed by atoms with Gasteiger partial charge in [-0.3, -0.25) is 9.78 Å². The predicted molar refractivity (Wildman–Crippen MR) is 94.7 cm³/mol. The first-order valence-corrected chi connectivity index (χ1v) is 8.97. The maximum atomic E-state index is 11.6. The number of aryl methyl sites for hydroxylation is 1. The molecule has 2 rings (SSSR count). The number of aromatic hydroxyl groups is 1. The van der Waals surface area contributed by atoms with Crippen molar-refractivity contribution in [1.82, 2.24) is 9.55 Å². The SMILES string of the molecule is COC(CCn1ccc(=O)[nH]c1=O)COP(O)OCc1ccccc1O. The van der Waals surface area contributed by atoms with Crippen molar-refractivity contribution in [1.29, 1.82) is 0 Å². The fraction of sp³-hybridized carbons (Fsp3) is 0.375. The highest BCUT2D eigenvalue weighted by molar-refractivity contribution is 7.40. The number of hydrogen-bond donors (Lipinski definition) is 3. The molecule has 0 aliphatic heterocycles. The molecule has 0 bridgehead atoms. The quantitative estimate of drug-likeness (QED) is 0.524. The minimum absolute atomic E-state index is 0.0132. The van der Waals surface area contributed by atoms with Gasteiger partial charge < -0.3 is 28.4 Å². The number of ether oxygens (including phenoxy) is 1. The Hall–Kier alpha value is -2.03. The summed E-state index contributed by atoms with van der Waals surface area (Å²) in [7, 11) is -0.645. The van der Waals surface area contributed by atoms with E-state index in [-0.39, 0.29) is 25.1 Å². The van der Waals surface area contributed by atoms with Gasteiger partial charge in [0.05, 0.1) is 19.3 Å². The average molecular weight is 384 g/mol. The molecule has 3 N–H and O–H groups in total. The molecule has 2 atom stereocenters. The Labute approximate surface area is 150 Å². The number of nitrogens with one attached hydrogen (secondary N) is 1. The number of hydrogen-bond acceptors (Lipinski definition) is 7. The first kappa shape index (κ1) is 20.3. The molecule has 0 saturated heterocycles. The summed E-state index contributed by atoms with van der Waals surface area (Å²) < 4.78 is 17.0. The summed E-state index contributed by atoms with van der Waals surface area (Å²) in [6.07, 6.45) is 1.47. The molecule has 0 fully saturated rings. The van der Waals surface area contributed by atoms with Crippen molar-refractivity contribution in [3.8, 4) is 5.75 Å². The van der Waals surface area contributed by atoms with E-state index in [0.29, 0.717) is 18.5 Å². The number of nitrogens with zero attached hydrogens (tertiary/aromatic N) is 1. The lowest BCUT2D eigenvalue weighted by Gasteiger charge is -2.18. The van der Waals surface area contributed by atoms with Crippen LogP contribution >= 0.6 is 8.60 Å². The van der Waals surface area contributed by atoms with E-state index < -0.39 is 19.9 Å². The molecule has 0 radical (unpaired) electrons. The molecule has 1 heterocycles. The Balaban J connectivity index is 1.76. The molecule has 0 spiro atoms. The summed E-state index contributed by atoms with van der Waals surface area (Å²) in [5, 5.41) is 9.63. The van der Waals surface area contributed by atoms with Crippen molar-refractivity contribution < 1.29 is 23.8 Å². The Morgan fingerprint density at radius 1 is 1.23 bits per heavy atom. The zero-order chi connectivity index (χ0) is 18.9. The molecule has 1 aromatic heterocycles. The first-order chi connectivity index (χ1) is 12.5. The molecular formula is C16H21N2O7P. The lowest BCUT2D eigenvalue weighted by atomic mass is 10.2. The largest absolute Gasteiger partial charge is 0.508 e. The third kappa shape index (κ3) is 6.36. The summed E-state index contributed by atoms with van der Waals surface area (Å²) in [6, 6.07) is 7.91. The van der Waals surface area contributed by atoms with Crippen LogP contribution in [0.25, 0.3) is 0 Å². The Morgan fingerprint density at radius 3 is 2.69 bits per heavy atom. The van der Waals surface area contributed by atoms with Gasteiger partial charge in [0.15, 0.2) is 0 Å². The average Bonchev–Trinajstić information content (AvgIpc) is 2.62. The van der Waals surface area contributed by atoms with Crippen molar-refractivity contribution >= 4 is 8.60 Å². The van der Waals surface area contributed by atoms with Gasteiger partial charge in [0.25, 0.3) is 5.56 Å². The van der Waals surface area contributed by atoms with E-state index in [2.05, 4.69) is 4.98 Å². The van der Waals surface area contributed by atoms with Gasteiger partial charge in [0.1, 0.15) is 5.75 Å². The Morgan fingerprint density at radius 2 is 2.00 bits per heavy atom. The number of phenols is 1. The molecule has 142 valence electrons. The molecule has 0 aliphatic rings. The van der Waals surface area contributed by atoms with Gasteiger partial charge in [-0.2, -0.15) is 0 Å². The number of phenolic OH excluding ortho intramolecular Hbond substituents is 1. The summed E-state index contributed by atoms with van der Waals surface area (Å²) in [5.41, 5.74) is -0.410. The number of rotatable bonds is 10. The number of para-hydroxylation sites is 1. The second kappa shape index (κ2) is 10.2. The minimum atomic E-state index is -2.14. The van der Waals surface area contributed by atoms with Gasteiger partial charge in [-0.1, -0.05) is 18.2 Å². The maximum absolute atomic E-state index is 11.6. The normalized spacial score (nSPS) is 13.5. The molecule has 0 aliphatic carbocycles. The predicted octanol–water partition coefficient (Wildman–Crippen LogP) is 1.10. The molecule has 10 heteroatoms. The van der Waals surface area contributed by atoms with Crippen LogP contribution in [0.3, 0.4) is 0 Å². The van der Waals surface area contributed by atoms with Gasteiger partial charge in [-0.25, -0.2) is 4.79 Å². The van der Waals surface area contributed by atoms with Crippen LogP contribution in [0.15, 0.2) is 46.1 Å². The molecule has 9 nitrogen and oxygen atoms in total. The van der Waals surface area contributed by atoms with Crippen LogP contribution in [0, 0.1) is 0 Å². The maximum Gasteiger partial charge on any atom is 0.330 e. The Bertz CT molecular complexity index is 807. The highest BCUT2D eigenvalue weighted by Gasteiger charge is 2.14. The summed E-state index contributed by atoms with van der Waals surface area (Å²) in [4.78, 5) is 34.6. The van der Waals surface area contributed by atoms with Crippen molar-refractivity contribution in [2.24, 2.45) is 0 Å². The van der Waals surface area contributed by atoms with Crippen LogP contribution in [0.5, 0.6) is 5.75 Å². The molecule has 0 amide bonds. The van der Waals surface area contributed by atoms with E-state index in [9.17, 15) is 19.6 Å². The number of aromatic nitrogens is 2. The second-order valence-corrected chi connectivity index (χ2v) is 6.38. The highest BCUT2D eigenvalue weighted by atomic mass is 31.2. The number of methoxy groups -OCH3 is 1. The van der Waals surface area contributed by atoms with Crippen LogP contribution in [0.2, 0.25) is 0 Å². The molecule has 2 unspecified atom stereocenters. The standard InChI is InChI=1S/C16H21N2O7P/c1-23-13(6-8-18-9-7-15(20)17-16(18)21)11-25-26(22)24-10-12-4-2-3-5-14(12)19/h2-5,7,9,13,19,22H,6,8,10-11H2,1H3,(H,17,20,21). The van der Waals surface area contributed by atoms with Crippen LogP contribution in [0.1, 0.15) is 12.0 Å². The van der Waals surface area contributed by atoms with E-state index in [4.69, 9.17) is 13.8 Å². The van der Waals surface area contributed by atoms with Crippen LogP contribution in [0.4, 0.5) is 0 Å². The van der Waals surface area contributed by atoms with Crippen molar-refractivity contribution in [2.75, 3.05) is 13.7 Å². The zero-order valence-electron chi connectivity index (χ0n) is 14.2. The van der Waals surface area contributed by atoms with E-state index >= 15 is 0 Å². The number of aromatic amines is 1. The van der Waals surface area contributed by atoms with Crippen molar-refractivity contribution in [3.05, 3.63) is 62.9 Å². The van der Waals surface area contributed by atoms with Crippen molar-refractivity contribution in [2.45, 2.75) is 25.7 Å². The van der Waals surface area contributed by atoms with E-state index in [0.717, 1.165) is 0 Å². The summed E-state index contributed by atoms with van der Waals surface area (Å²) in [6.45, 7) is 0.399. The fourth-order valence-electron chi connectivity index (χ4n) is 2.11. The smallest absolute Gasteiger partial charge is 0.330 e. The Kier molecular flexibility index (Phi) is 7.96. The van der Waals surface area contributed by atoms with E-state index in [1.807, 2.05) is 0 Å². The monoisotopic (exact) mass is 384 g/mol. The second-order valence-electron chi connectivity index (χ2n) is 5.39. The molecular weight excluding hydrogens is 363 g/mol. The molecule has 1 aromatic carbocycles. The molecule has 26 heavy (non-hydrogen) atoms. The van der Waals surface area contributed by atoms with E-state index in [1.165, 1.54) is 30.0 Å². The van der Waals surface area contributed by atoms with Crippen LogP contribution in [-0.2, 0) is 26.9 Å².